The fraction of sp³-hybridized carbons (Fsp3) is 0.222. The monoisotopic (exact) mass is 341 g/mol. The van der Waals surface area contributed by atoms with Crippen molar-refractivity contribution in [3.05, 3.63) is 28.8 Å². The minimum Gasteiger partial charge on any atom is -0.409 e. The van der Waals surface area contributed by atoms with Gasteiger partial charge in [-0.2, -0.15) is 0 Å². The molecule has 0 fully saturated rings. The van der Waals surface area contributed by atoms with Crippen molar-refractivity contribution in [3.8, 4) is 0 Å². The van der Waals surface area contributed by atoms with E-state index in [1.54, 1.807) is 0 Å². The summed E-state index contributed by atoms with van der Waals surface area (Å²) in [5, 5.41) is 10.2. The van der Waals surface area contributed by atoms with Crippen molar-refractivity contribution in [3.63, 3.8) is 0 Å². The van der Waals surface area contributed by atoms with Gasteiger partial charge in [-0.15, -0.1) is 0 Å². The van der Waals surface area contributed by atoms with Crippen LogP contribution in [0, 0.1) is 0 Å². The Labute approximate surface area is 121 Å². The molecule has 0 aliphatic rings. The summed E-state index contributed by atoms with van der Waals surface area (Å²) in [5.74, 6) is -0.197. The first kappa shape index (κ1) is 16.5. The summed E-state index contributed by atoms with van der Waals surface area (Å²) in [6.07, 6.45) is 0.801. The van der Waals surface area contributed by atoms with E-state index in [9.17, 15) is 16.8 Å². The summed E-state index contributed by atoms with van der Waals surface area (Å²) in [4.78, 5) is 0. The number of hydrogen-bond acceptors (Lipinski definition) is 6. The highest BCUT2D eigenvalue weighted by molar-refractivity contribution is 8.08. The van der Waals surface area contributed by atoms with Crippen LogP contribution < -0.4 is 10.5 Å². The van der Waals surface area contributed by atoms with Gasteiger partial charge >= 0.3 is 0 Å². The Bertz CT molecular complexity index is 743. The third kappa shape index (κ3) is 4.87. The highest BCUT2D eigenvalue weighted by Gasteiger charge is 2.19. The number of nitrogens with two attached hydrogens (primary N) is 1. The Morgan fingerprint density at radius 2 is 2.00 bits per heavy atom. The minimum absolute atomic E-state index is 0.00944. The van der Waals surface area contributed by atoms with Gasteiger partial charge in [0.15, 0.2) is 20.8 Å². The van der Waals surface area contributed by atoms with Crippen LogP contribution in [0.5, 0.6) is 0 Å². The van der Waals surface area contributed by atoms with Gasteiger partial charge in [-0.25, -0.2) is 16.8 Å². The molecule has 0 atom stereocenters. The molecule has 0 unspecified atom stereocenters. The quantitative estimate of drug-likeness (QED) is 0.302. The van der Waals surface area contributed by atoms with E-state index in [2.05, 4.69) is 5.16 Å². The van der Waals surface area contributed by atoms with Crippen molar-refractivity contribution in [1.29, 1.82) is 0 Å². The molecule has 0 spiro atoms. The van der Waals surface area contributed by atoms with Crippen LogP contribution >= 0.6 is 11.6 Å². The van der Waals surface area contributed by atoms with Crippen LogP contribution in [-0.4, -0.2) is 39.2 Å². The smallest absolute Gasteiger partial charge is 0.247 e. The summed E-state index contributed by atoms with van der Waals surface area (Å²) in [6, 6.07) is 3.91. The first-order valence-corrected chi connectivity index (χ1v) is 9.09. The van der Waals surface area contributed by atoms with E-state index in [1.165, 1.54) is 18.2 Å². The number of nitrogens with one attached hydrogen (secondary N) is 1. The summed E-state index contributed by atoms with van der Waals surface area (Å²) >= 11 is 5.84. The summed E-state index contributed by atoms with van der Waals surface area (Å²) in [7, 11) is -7.79. The van der Waals surface area contributed by atoms with E-state index in [4.69, 9.17) is 22.5 Å². The Hall–Kier alpha value is -1.52. The summed E-state index contributed by atoms with van der Waals surface area (Å²) < 4.78 is 47.2. The standard InChI is InChI=1S/C9H12ClN3O5S2/c1-19(15,16)5-20(17,18)13-8-3-2-6(4-7(8)10)9(11)12-14/h2-4,13-14H,5H2,1H3,(H2,11,12). The van der Waals surface area contributed by atoms with Crippen LogP contribution in [0.4, 0.5) is 5.69 Å². The zero-order chi connectivity index (χ0) is 15.6. The van der Waals surface area contributed by atoms with E-state index < -0.39 is 24.9 Å². The average molecular weight is 342 g/mol. The lowest BCUT2D eigenvalue weighted by molar-refractivity contribution is 0.318. The zero-order valence-electron chi connectivity index (χ0n) is 10.2. The van der Waals surface area contributed by atoms with E-state index in [0.29, 0.717) is 0 Å². The normalized spacial score (nSPS) is 13.2. The van der Waals surface area contributed by atoms with Gasteiger partial charge in [-0.1, -0.05) is 16.8 Å². The third-order valence-corrected chi connectivity index (χ3v) is 5.80. The summed E-state index contributed by atoms with van der Waals surface area (Å²) in [6.45, 7) is 0. The second-order valence-electron chi connectivity index (χ2n) is 3.94. The topological polar surface area (TPSA) is 139 Å². The molecule has 8 nitrogen and oxygen atoms in total. The molecule has 0 saturated carbocycles. The Morgan fingerprint density at radius 3 is 2.45 bits per heavy atom. The van der Waals surface area contributed by atoms with Gasteiger partial charge < -0.3 is 10.9 Å². The SMILES string of the molecule is CS(=O)(=O)CS(=O)(=O)Nc1ccc(/C(N)=N/O)cc1Cl. The van der Waals surface area contributed by atoms with Crippen LogP contribution in [0.2, 0.25) is 5.02 Å². The third-order valence-electron chi connectivity index (χ3n) is 2.01. The lowest BCUT2D eigenvalue weighted by Gasteiger charge is -2.09. The van der Waals surface area contributed by atoms with Crippen molar-refractivity contribution in [2.75, 3.05) is 16.1 Å². The van der Waals surface area contributed by atoms with E-state index in [-0.39, 0.29) is 22.1 Å². The minimum atomic E-state index is -4.09. The van der Waals surface area contributed by atoms with Gasteiger partial charge in [0.25, 0.3) is 0 Å². The van der Waals surface area contributed by atoms with Gasteiger partial charge in [0.2, 0.25) is 10.0 Å². The molecule has 0 amide bonds. The van der Waals surface area contributed by atoms with Crippen molar-refractivity contribution in [1.82, 2.24) is 0 Å². The number of amidine groups is 1. The average Bonchev–Trinajstić information content (AvgIpc) is 2.27. The molecule has 1 aromatic rings. The number of benzene rings is 1. The molecule has 0 heterocycles. The van der Waals surface area contributed by atoms with Crippen molar-refractivity contribution in [2.45, 2.75) is 0 Å². The molecule has 0 bridgehead atoms. The van der Waals surface area contributed by atoms with Crippen LogP contribution in [0.3, 0.4) is 0 Å². The van der Waals surface area contributed by atoms with Crippen molar-refractivity contribution in [2.24, 2.45) is 10.9 Å². The highest BCUT2D eigenvalue weighted by Crippen LogP contribution is 2.24. The van der Waals surface area contributed by atoms with Crippen molar-refractivity contribution < 1.29 is 22.0 Å². The number of halogens is 1. The molecule has 112 valence electrons. The van der Waals surface area contributed by atoms with Gasteiger partial charge in [0.05, 0.1) is 10.7 Å². The summed E-state index contributed by atoms with van der Waals surface area (Å²) in [5.41, 5.74) is 5.62. The molecule has 0 saturated heterocycles. The lowest BCUT2D eigenvalue weighted by Crippen LogP contribution is -2.22. The lowest BCUT2D eigenvalue weighted by atomic mass is 10.2. The maximum atomic E-state index is 11.6. The van der Waals surface area contributed by atoms with Crippen LogP contribution in [0.25, 0.3) is 0 Å². The predicted molar refractivity (Wildman–Crippen MR) is 76.2 cm³/mol. The van der Waals surface area contributed by atoms with Crippen LogP contribution in [0.15, 0.2) is 23.4 Å². The second-order valence-corrected chi connectivity index (χ2v) is 8.58. The molecule has 11 heteroatoms. The fourth-order valence-electron chi connectivity index (χ4n) is 1.29. The van der Waals surface area contributed by atoms with Gasteiger partial charge in [0, 0.05) is 11.8 Å². The van der Waals surface area contributed by atoms with Crippen LogP contribution in [-0.2, 0) is 19.9 Å². The number of anilines is 1. The van der Waals surface area contributed by atoms with Gasteiger partial charge in [-0.3, -0.25) is 4.72 Å². The van der Waals surface area contributed by atoms with E-state index >= 15 is 0 Å². The molecule has 1 rings (SSSR count). The maximum Gasteiger partial charge on any atom is 0.247 e. The number of sulfonamides is 1. The highest BCUT2D eigenvalue weighted by atomic mass is 35.5. The number of rotatable bonds is 5. The molecular formula is C9H12ClN3O5S2. The largest absolute Gasteiger partial charge is 0.409 e. The Balaban J connectivity index is 3.06. The first-order chi connectivity index (χ1) is 9.04. The molecular weight excluding hydrogens is 330 g/mol. The fourth-order valence-corrected chi connectivity index (χ4v) is 4.58. The van der Waals surface area contributed by atoms with E-state index in [0.717, 1.165) is 6.26 Å². The number of hydrogen-bond donors (Lipinski definition) is 3. The number of nitrogens with zero attached hydrogens (tertiary/aromatic N) is 1. The van der Waals surface area contributed by atoms with Crippen molar-refractivity contribution >= 4 is 43.0 Å². The molecule has 1 aromatic carbocycles. The van der Waals surface area contributed by atoms with Gasteiger partial charge in [-0.05, 0) is 18.2 Å². The Morgan fingerprint density at radius 1 is 1.40 bits per heavy atom. The second kappa shape index (κ2) is 5.85. The molecule has 20 heavy (non-hydrogen) atoms. The number of oxime groups is 1. The molecule has 0 aliphatic carbocycles. The van der Waals surface area contributed by atoms with Crippen LogP contribution in [0.1, 0.15) is 5.56 Å². The maximum absolute atomic E-state index is 11.6. The Kier molecular flexibility index (Phi) is 4.84. The van der Waals surface area contributed by atoms with E-state index in [1.807, 2.05) is 4.72 Å². The predicted octanol–water partition coefficient (Wildman–Crippen LogP) is 0.178. The molecule has 4 N–H and O–H groups in total. The first-order valence-electron chi connectivity index (χ1n) is 5.00. The molecule has 0 aliphatic heterocycles. The van der Waals surface area contributed by atoms with Gasteiger partial charge in [0.1, 0.15) is 0 Å². The molecule has 0 aromatic heterocycles. The number of sulfone groups is 1. The zero-order valence-corrected chi connectivity index (χ0v) is 12.6. The molecule has 0 radical (unpaired) electrons.